The standard InChI is InChI=1S/C28H27N5O3S2/c1-16-11-20(36-19-5-3-2-4-6-19)7-8-21(16)33-22-9-10-30-27-23(22)24(32-28(33)35)25(38-27)26(34)31-18-12-17(15-37)13-29-14-18/h2-11,17-18,29,37H,12-15H2,1H3,(H,31,34)(H,32,35)/t17?,18-/m1/s1. The molecule has 0 saturated carbocycles. The fraction of sp³-hybridized carbons (Fsp3) is 0.250. The first-order valence-corrected chi connectivity index (χ1v) is 14.0. The van der Waals surface area contributed by atoms with Crippen LogP contribution in [0, 0.1) is 12.8 Å². The van der Waals surface area contributed by atoms with Crippen molar-refractivity contribution in [1.82, 2.24) is 15.6 Å². The average Bonchev–Trinajstić information content (AvgIpc) is 3.30. The van der Waals surface area contributed by atoms with Crippen LogP contribution in [0.15, 0.2) is 60.8 Å². The highest BCUT2D eigenvalue weighted by Crippen LogP contribution is 2.46. The number of rotatable bonds is 6. The number of piperidine rings is 1. The SMILES string of the molecule is Cc1cc(Oc2ccccc2)ccc1N1C(=O)Nc2c(C(=O)N[C@H]3CNCC(CS)C3)sc3nccc1c23. The molecule has 10 heteroatoms. The Morgan fingerprint density at radius 1 is 1.16 bits per heavy atom. The largest absolute Gasteiger partial charge is 0.457 e. The average molecular weight is 546 g/mol. The third kappa shape index (κ3) is 4.59. The summed E-state index contributed by atoms with van der Waals surface area (Å²) in [4.78, 5) is 34.1. The quantitative estimate of drug-likeness (QED) is 0.233. The first-order chi connectivity index (χ1) is 18.5. The van der Waals surface area contributed by atoms with E-state index in [0.717, 1.165) is 41.1 Å². The minimum atomic E-state index is -0.327. The van der Waals surface area contributed by atoms with Crippen molar-refractivity contribution in [3.05, 3.63) is 71.2 Å². The third-order valence-corrected chi connectivity index (χ3v) is 8.49. The Morgan fingerprint density at radius 3 is 2.79 bits per heavy atom. The van der Waals surface area contributed by atoms with E-state index in [-0.39, 0.29) is 18.0 Å². The van der Waals surface area contributed by atoms with Crippen LogP contribution < -0.4 is 25.6 Å². The van der Waals surface area contributed by atoms with Crippen LogP contribution in [0.25, 0.3) is 10.2 Å². The zero-order valence-electron chi connectivity index (χ0n) is 20.7. The minimum absolute atomic E-state index is 0.00769. The molecular formula is C28H27N5O3S2. The molecule has 0 aliphatic carbocycles. The molecule has 2 aliphatic heterocycles. The van der Waals surface area contributed by atoms with Gasteiger partial charge in [0.15, 0.2) is 0 Å². The number of para-hydroxylation sites is 1. The molecule has 0 spiro atoms. The van der Waals surface area contributed by atoms with Crippen LogP contribution in [-0.4, -0.2) is 41.8 Å². The topological polar surface area (TPSA) is 95.6 Å². The number of nitrogens with one attached hydrogen (secondary N) is 3. The van der Waals surface area contributed by atoms with Gasteiger partial charge in [0.25, 0.3) is 5.91 Å². The maximum atomic E-state index is 13.5. The highest BCUT2D eigenvalue weighted by molar-refractivity contribution is 7.80. The molecule has 2 aromatic heterocycles. The molecule has 3 amide bonds. The number of thiophene rings is 1. The number of carbonyl (C=O) groups is 2. The Hall–Kier alpha value is -3.60. The minimum Gasteiger partial charge on any atom is -0.457 e. The second-order valence-corrected chi connectivity index (χ2v) is 10.9. The first-order valence-electron chi connectivity index (χ1n) is 12.5. The zero-order chi connectivity index (χ0) is 26.2. The summed E-state index contributed by atoms with van der Waals surface area (Å²) in [7, 11) is 0. The van der Waals surface area contributed by atoms with Crippen molar-refractivity contribution in [1.29, 1.82) is 0 Å². The summed E-state index contributed by atoms with van der Waals surface area (Å²) in [5.41, 5.74) is 2.81. The molecule has 6 rings (SSSR count). The number of urea groups is 1. The van der Waals surface area contributed by atoms with Crippen molar-refractivity contribution in [2.24, 2.45) is 5.92 Å². The number of thiol groups is 1. The molecule has 4 heterocycles. The Balaban J connectivity index is 1.31. The molecule has 0 bridgehead atoms. The van der Waals surface area contributed by atoms with Gasteiger partial charge in [-0.25, -0.2) is 9.78 Å². The van der Waals surface area contributed by atoms with Crippen molar-refractivity contribution < 1.29 is 14.3 Å². The second-order valence-electron chi connectivity index (χ2n) is 9.56. The Bertz CT molecular complexity index is 1520. The zero-order valence-corrected chi connectivity index (χ0v) is 22.4. The van der Waals surface area contributed by atoms with Gasteiger partial charge in [-0.05, 0) is 73.5 Å². The van der Waals surface area contributed by atoms with Crippen LogP contribution in [-0.2, 0) is 0 Å². The van der Waals surface area contributed by atoms with E-state index in [2.05, 4.69) is 33.6 Å². The number of pyridine rings is 1. The lowest BCUT2D eigenvalue weighted by molar-refractivity contribution is 0.0930. The maximum absolute atomic E-state index is 13.5. The van der Waals surface area contributed by atoms with E-state index in [9.17, 15) is 9.59 Å². The molecule has 2 atom stereocenters. The Morgan fingerprint density at radius 2 is 2.00 bits per heavy atom. The number of aryl methyl sites for hydroxylation is 1. The van der Waals surface area contributed by atoms with Crippen LogP contribution >= 0.6 is 24.0 Å². The predicted octanol–water partition coefficient (Wildman–Crippen LogP) is 5.72. The summed E-state index contributed by atoms with van der Waals surface area (Å²) in [6, 6.07) is 16.7. The summed E-state index contributed by atoms with van der Waals surface area (Å²) >= 11 is 5.71. The van der Waals surface area contributed by atoms with Crippen molar-refractivity contribution in [3.8, 4) is 11.5 Å². The number of hydrogen-bond donors (Lipinski definition) is 4. The normalized spacial score (nSPS) is 18.8. The van der Waals surface area contributed by atoms with Crippen LogP contribution in [0.3, 0.4) is 0 Å². The summed E-state index contributed by atoms with van der Waals surface area (Å²) in [6.45, 7) is 3.56. The van der Waals surface area contributed by atoms with Crippen LogP contribution in [0.4, 0.5) is 21.9 Å². The van der Waals surface area contributed by atoms with E-state index < -0.39 is 0 Å². The molecule has 8 nitrogen and oxygen atoms in total. The van der Waals surface area contributed by atoms with E-state index in [1.807, 2.05) is 61.5 Å². The van der Waals surface area contributed by atoms with E-state index in [1.165, 1.54) is 11.3 Å². The molecule has 38 heavy (non-hydrogen) atoms. The first kappa shape index (κ1) is 24.7. The number of hydrogen-bond acceptors (Lipinski definition) is 7. The molecule has 0 radical (unpaired) electrons. The van der Waals surface area contributed by atoms with Gasteiger partial charge >= 0.3 is 6.03 Å². The van der Waals surface area contributed by atoms with Gasteiger partial charge in [0.1, 0.15) is 21.2 Å². The number of nitrogens with zero attached hydrogens (tertiary/aromatic N) is 2. The van der Waals surface area contributed by atoms with Gasteiger partial charge < -0.3 is 20.7 Å². The molecule has 194 valence electrons. The van der Waals surface area contributed by atoms with E-state index >= 15 is 0 Å². The molecule has 4 aromatic rings. The lowest BCUT2D eigenvalue weighted by Crippen LogP contribution is -2.49. The fourth-order valence-electron chi connectivity index (χ4n) is 5.08. The highest BCUT2D eigenvalue weighted by atomic mass is 32.1. The second kappa shape index (κ2) is 10.3. The summed E-state index contributed by atoms with van der Waals surface area (Å²) < 4.78 is 5.97. The monoisotopic (exact) mass is 545 g/mol. The molecule has 2 aliphatic rings. The highest BCUT2D eigenvalue weighted by Gasteiger charge is 2.34. The maximum Gasteiger partial charge on any atom is 0.331 e. The number of aromatic nitrogens is 1. The molecule has 1 saturated heterocycles. The molecule has 2 aromatic carbocycles. The predicted molar refractivity (Wildman–Crippen MR) is 155 cm³/mol. The van der Waals surface area contributed by atoms with Crippen molar-refractivity contribution in [3.63, 3.8) is 0 Å². The van der Waals surface area contributed by atoms with Gasteiger partial charge in [-0.3, -0.25) is 9.69 Å². The number of ether oxygens (including phenoxy) is 1. The molecular weight excluding hydrogens is 518 g/mol. The van der Waals surface area contributed by atoms with Crippen molar-refractivity contribution >= 4 is 63.2 Å². The van der Waals surface area contributed by atoms with Gasteiger partial charge in [0.05, 0.1) is 22.4 Å². The Labute approximate surface area is 229 Å². The van der Waals surface area contributed by atoms with Crippen molar-refractivity contribution in [2.45, 2.75) is 19.4 Å². The van der Waals surface area contributed by atoms with Gasteiger partial charge in [-0.2, -0.15) is 12.6 Å². The summed E-state index contributed by atoms with van der Waals surface area (Å²) in [6.07, 6.45) is 2.55. The van der Waals surface area contributed by atoms with Crippen LogP contribution in [0.1, 0.15) is 21.7 Å². The van der Waals surface area contributed by atoms with E-state index in [0.29, 0.717) is 39.3 Å². The smallest absolute Gasteiger partial charge is 0.331 e. The van der Waals surface area contributed by atoms with Crippen molar-refractivity contribution in [2.75, 3.05) is 29.1 Å². The molecule has 1 unspecified atom stereocenters. The lowest BCUT2D eigenvalue weighted by atomic mass is 9.97. The number of carbonyl (C=O) groups excluding carboxylic acids is 2. The number of amides is 3. The van der Waals surface area contributed by atoms with E-state index in [1.54, 1.807) is 11.1 Å². The Kier molecular flexibility index (Phi) is 6.69. The fourth-order valence-corrected chi connectivity index (χ4v) is 6.38. The van der Waals surface area contributed by atoms with Crippen LogP contribution in [0.2, 0.25) is 0 Å². The number of benzene rings is 2. The van der Waals surface area contributed by atoms with E-state index in [4.69, 9.17) is 4.74 Å². The number of anilines is 3. The molecule has 1 fully saturated rings. The summed E-state index contributed by atoms with van der Waals surface area (Å²) in [5.74, 6) is 2.40. The van der Waals surface area contributed by atoms with Gasteiger partial charge in [0, 0.05) is 18.8 Å². The van der Waals surface area contributed by atoms with Gasteiger partial charge in [-0.1, -0.05) is 18.2 Å². The third-order valence-electron chi connectivity index (χ3n) is 6.88. The summed E-state index contributed by atoms with van der Waals surface area (Å²) in [5, 5.41) is 10.2. The molecule has 3 N–H and O–H groups in total. The van der Waals surface area contributed by atoms with Gasteiger partial charge in [0.2, 0.25) is 0 Å². The lowest BCUT2D eigenvalue weighted by Gasteiger charge is -2.30. The van der Waals surface area contributed by atoms with Crippen LogP contribution in [0.5, 0.6) is 11.5 Å². The van der Waals surface area contributed by atoms with Gasteiger partial charge in [-0.15, -0.1) is 11.3 Å².